The minimum Gasteiger partial charge on any atom is -0.369 e. The first-order valence-corrected chi connectivity index (χ1v) is 4.99. The molecular weight excluding hydrogens is 198 g/mol. The van der Waals surface area contributed by atoms with E-state index in [4.69, 9.17) is 11.7 Å². The van der Waals surface area contributed by atoms with Crippen LogP contribution in [0.1, 0.15) is 0 Å². The molecule has 1 heterocycles. The van der Waals surface area contributed by atoms with Crippen molar-refractivity contribution in [2.24, 2.45) is 5.92 Å². The molecule has 1 aliphatic heterocycles. The Morgan fingerprint density at radius 2 is 1.88 bits per heavy atom. The summed E-state index contributed by atoms with van der Waals surface area (Å²) in [5, 5.41) is 15.2. The van der Waals surface area contributed by atoms with Gasteiger partial charge in [-0.15, -0.1) is 6.42 Å². The van der Waals surface area contributed by atoms with Crippen LogP contribution in [0.4, 0.5) is 0 Å². The Morgan fingerprint density at radius 3 is 2.38 bits per heavy atom. The molecule has 0 unspecified atom stereocenters. The summed E-state index contributed by atoms with van der Waals surface area (Å²) in [6.07, 6.45) is 17.0. The Balaban J connectivity index is 2.13. The van der Waals surface area contributed by atoms with E-state index in [-0.39, 0.29) is 12.1 Å². The maximum absolute atomic E-state index is 8.80. The average molecular weight is 209 g/mol. The van der Waals surface area contributed by atoms with E-state index in [1.165, 1.54) is 0 Å². The molecular formula is C13H11N3. The summed E-state index contributed by atoms with van der Waals surface area (Å²) in [7, 11) is 0. The molecule has 0 aromatic heterocycles. The van der Waals surface area contributed by atoms with Crippen LogP contribution in [0.5, 0.6) is 0 Å². The number of nitrogens with zero attached hydrogens (tertiary/aromatic N) is 1. The van der Waals surface area contributed by atoms with E-state index >= 15 is 0 Å². The number of hydrogen-bond acceptors (Lipinski definition) is 3. The number of terminal acetylenes is 1. The molecule has 16 heavy (non-hydrogen) atoms. The lowest BCUT2D eigenvalue weighted by Crippen LogP contribution is -2.37. The van der Waals surface area contributed by atoms with Crippen molar-refractivity contribution in [3.05, 3.63) is 47.9 Å². The number of nitrogens with one attached hydrogen (secondary N) is 2. The Kier molecular flexibility index (Phi) is 2.80. The lowest BCUT2D eigenvalue weighted by Gasteiger charge is -2.20. The van der Waals surface area contributed by atoms with Crippen molar-refractivity contribution in [3.8, 4) is 18.4 Å². The van der Waals surface area contributed by atoms with Crippen LogP contribution in [0.15, 0.2) is 47.9 Å². The number of rotatable bonds is 1. The summed E-state index contributed by atoms with van der Waals surface area (Å²) in [6, 6.07) is 2.00. The van der Waals surface area contributed by atoms with Crippen LogP contribution >= 0.6 is 0 Å². The highest BCUT2D eigenvalue weighted by Crippen LogP contribution is 2.19. The molecule has 0 atom stereocenters. The normalized spacial score (nSPS) is 22.1. The molecule has 0 radical (unpaired) electrons. The zero-order valence-electron chi connectivity index (χ0n) is 8.64. The molecule has 2 rings (SSSR count). The highest BCUT2D eigenvalue weighted by Gasteiger charge is 2.18. The van der Waals surface area contributed by atoms with Gasteiger partial charge < -0.3 is 10.6 Å². The van der Waals surface area contributed by atoms with Gasteiger partial charge in [0.1, 0.15) is 17.8 Å². The molecule has 0 aromatic carbocycles. The van der Waals surface area contributed by atoms with Gasteiger partial charge in [0.25, 0.3) is 0 Å². The van der Waals surface area contributed by atoms with Crippen LogP contribution < -0.4 is 10.6 Å². The minimum atomic E-state index is 0.186. The average Bonchev–Trinajstić information content (AvgIpc) is 2.85. The third kappa shape index (κ3) is 1.85. The third-order valence-electron chi connectivity index (χ3n) is 2.56. The van der Waals surface area contributed by atoms with E-state index in [0.29, 0.717) is 5.57 Å². The van der Waals surface area contributed by atoms with E-state index in [2.05, 4.69) is 16.6 Å². The smallest absolute Gasteiger partial charge is 0.109 e. The van der Waals surface area contributed by atoms with Crippen molar-refractivity contribution in [2.45, 2.75) is 6.17 Å². The first kappa shape index (κ1) is 10.1. The predicted octanol–water partition coefficient (Wildman–Crippen LogP) is 1.17. The second-order valence-corrected chi connectivity index (χ2v) is 3.53. The molecule has 1 aliphatic carbocycles. The molecule has 78 valence electrons. The van der Waals surface area contributed by atoms with E-state index < -0.39 is 0 Å². The van der Waals surface area contributed by atoms with Gasteiger partial charge in [-0.05, 0) is 0 Å². The molecule has 2 aliphatic rings. The second-order valence-electron chi connectivity index (χ2n) is 3.53. The van der Waals surface area contributed by atoms with Crippen molar-refractivity contribution in [2.75, 3.05) is 0 Å². The van der Waals surface area contributed by atoms with Crippen molar-refractivity contribution in [3.63, 3.8) is 0 Å². The van der Waals surface area contributed by atoms with Gasteiger partial charge in [0.15, 0.2) is 0 Å². The fourth-order valence-corrected chi connectivity index (χ4v) is 1.69. The predicted molar refractivity (Wildman–Crippen MR) is 62.4 cm³/mol. The van der Waals surface area contributed by atoms with Gasteiger partial charge in [-0.2, -0.15) is 5.26 Å². The van der Waals surface area contributed by atoms with Crippen LogP contribution in [0, 0.1) is 29.6 Å². The third-order valence-corrected chi connectivity index (χ3v) is 2.56. The van der Waals surface area contributed by atoms with Crippen LogP contribution in [-0.4, -0.2) is 6.17 Å². The first-order chi connectivity index (χ1) is 7.85. The maximum Gasteiger partial charge on any atom is 0.109 e. The monoisotopic (exact) mass is 209 g/mol. The van der Waals surface area contributed by atoms with E-state index in [0.717, 1.165) is 5.57 Å². The molecule has 0 spiro atoms. The fourth-order valence-electron chi connectivity index (χ4n) is 1.69. The standard InChI is InChI=1S/C13H11N3/c1-2-10(9-14)11-3-5-12(6-4-11)13-15-7-8-16-13/h1,3-8,12-13,15-16H. The Labute approximate surface area is 94.8 Å². The molecule has 0 saturated carbocycles. The fraction of sp³-hybridized carbons (Fsp3) is 0.154. The molecule has 0 aromatic rings. The van der Waals surface area contributed by atoms with Gasteiger partial charge in [-0.3, -0.25) is 0 Å². The number of nitriles is 1. The number of allylic oxidation sites excluding steroid dienone is 4. The Hall–Kier alpha value is -2.39. The highest BCUT2D eigenvalue weighted by atomic mass is 15.2. The topological polar surface area (TPSA) is 47.9 Å². The second kappa shape index (κ2) is 4.42. The SMILES string of the molecule is C#CC(C#N)=C1C=CC(C2NC=CN2)C=C1. The molecule has 0 saturated heterocycles. The van der Waals surface area contributed by atoms with Crippen molar-refractivity contribution >= 4 is 0 Å². The molecule has 3 nitrogen and oxygen atoms in total. The molecule has 0 fully saturated rings. The summed E-state index contributed by atoms with van der Waals surface area (Å²) >= 11 is 0. The molecule has 0 amide bonds. The van der Waals surface area contributed by atoms with Gasteiger partial charge in [0.2, 0.25) is 0 Å². The zero-order valence-corrected chi connectivity index (χ0v) is 8.64. The first-order valence-electron chi connectivity index (χ1n) is 4.99. The molecule has 0 bridgehead atoms. The van der Waals surface area contributed by atoms with Gasteiger partial charge in [0.05, 0.1) is 0 Å². The van der Waals surface area contributed by atoms with Crippen LogP contribution in [-0.2, 0) is 0 Å². The van der Waals surface area contributed by atoms with Gasteiger partial charge >= 0.3 is 0 Å². The Morgan fingerprint density at radius 1 is 1.25 bits per heavy atom. The Bertz CT molecular complexity index is 440. The molecule has 2 N–H and O–H groups in total. The summed E-state index contributed by atoms with van der Waals surface area (Å²) in [6.45, 7) is 0. The van der Waals surface area contributed by atoms with Crippen LogP contribution in [0.25, 0.3) is 0 Å². The van der Waals surface area contributed by atoms with Gasteiger partial charge in [0, 0.05) is 23.9 Å². The summed E-state index contributed by atoms with van der Waals surface area (Å²) < 4.78 is 0. The lowest BCUT2D eigenvalue weighted by molar-refractivity contribution is 0.496. The zero-order chi connectivity index (χ0) is 11.4. The van der Waals surface area contributed by atoms with Crippen molar-refractivity contribution < 1.29 is 0 Å². The summed E-state index contributed by atoms with van der Waals surface area (Å²) in [5.74, 6) is 2.64. The van der Waals surface area contributed by atoms with Gasteiger partial charge in [-0.1, -0.05) is 30.2 Å². The van der Waals surface area contributed by atoms with Crippen molar-refractivity contribution in [1.82, 2.24) is 10.6 Å². The maximum atomic E-state index is 8.80. The quantitative estimate of drug-likeness (QED) is 0.503. The summed E-state index contributed by atoms with van der Waals surface area (Å²) in [4.78, 5) is 0. The molecule has 3 heteroatoms. The lowest BCUT2D eigenvalue weighted by atomic mass is 9.95. The number of hydrogen-bond donors (Lipinski definition) is 2. The van der Waals surface area contributed by atoms with E-state index in [1.54, 1.807) is 0 Å². The van der Waals surface area contributed by atoms with Crippen LogP contribution in [0.3, 0.4) is 0 Å². The minimum absolute atomic E-state index is 0.186. The van der Waals surface area contributed by atoms with Crippen molar-refractivity contribution in [1.29, 1.82) is 5.26 Å². The van der Waals surface area contributed by atoms with Crippen LogP contribution in [0.2, 0.25) is 0 Å². The largest absolute Gasteiger partial charge is 0.369 e. The van der Waals surface area contributed by atoms with E-state index in [9.17, 15) is 0 Å². The van der Waals surface area contributed by atoms with Gasteiger partial charge in [-0.25, -0.2) is 0 Å². The highest BCUT2D eigenvalue weighted by molar-refractivity contribution is 5.53. The van der Waals surface area contributed by atoms with E-state index in [1.807, 2.05) is 42.8 Å². The summed E-state index contributed by atoms with van der Waals surface area (Å²) in [5.41, 5.74) is 1.17.